The molecule has 0 saturated carbocycles. The van der Waals surface area contributed by atoms with Crippen LogP contribution in [0.4, 0.5) is 0 Å². The second-order valence-corrected chi connectivity index (χ2v) is 5.19. The van der Waals surface area contributed by atoms with Crippen LogP contribution in [0.2, 0.25) is 0 Å². The molecule has 0 amide bonds. The van der Waals surface area contributed by atoms with Gasteiger partial charge >= 0.3 is 0 Å². The molecule has 0 bridgehead atoms. The molecule has 0 atom stereocenters. The van der Waals surface area contributed by atoms with E-state index in [1.165, 1.54) is 16.3 Å². The van der Waals surface area contributed by atoms with Crippen LogP contribution in [-0.2, 0) is 5.54 Å². The van der Waals surface area contributed by atoms with Gasteiger partial charge in [-0.1, -0.05) is 6.92 Å². The van der Waals surface area contributed by atoms with Crippen LogP contribution in [0.25, 0.3) is 21.8 Å². The molecule has 0 aliphatic carbocycles. The van der Waals surface area contributed by atoms with Crippen molar-refractivity contribution in [3.05, 3.63) is 30.6 Å². The minimum absolute atomic E-state index is 0.107. The van der Waals surface area contributed by atoms with Gasteiger partial charge in [-0.05, 0) is 38.5 Å². The van der Waals surface area contributed by atoms with Gasteiger partial charge in [0.1, 0.15) is 0 Å². The Labute approximate surface area is 100 Å². The van der Waals surface area contributed by atoms with Crippen LogP contribution in [0.15, 0.2) is 30.6 Å². The van der Waals surface area contributed by atoms with Crippen molar-refractivity contribution in [2.45, 2.75) is 32.7 Å². The van der Waals surface area contributed by atoms with Crippen molar-refractivity contribution in [3.8, 4) is 0 Å². The predicted molar refractivity (Wildman–Crippen MR) is 71.2 cm³/mol. The Morgan fingerprint density at radius 2 is 2.12 bits per heavy atom. The van der Waals surface area contributed by atoms with Crippen molar-refractivity contribution < 1.29 is 0 Å². The highest BCUT2D eigenvalue weighted by atomic mass is 15.3. The number of aromatic amines is 1. The summed E-state index contributed by atoms with van der Waals surface area (Å²) in [5, 5.41) is 5.78. The van der Waals surface area contributed by atoms with Gasteiger partial charge in [-0.3, -0.25) is 9.67 Å². The number of nitrogens with zero attached hydrogens (tertiary/aromatic N) is 2. The van der Waals surface area contributed by atoms with Gasteiger partial charge in [-0.2, -0.15) is 0 Å². The number of H-pyrrole nitrogens is 1. The van der Waals surface area contributed by atoms with Gasteiger partial charge in [0.25, 0.3) is 0 Å². The number of hydrogen-bond acceptors (Lipinski definition) is 1. The molecule has 17 heavy (non-hydrogen) atoms. The summed E-state index contributed by atoms with van der Waals surface area (Å²) in [6.45, 7) is 6.70. The summed E-state index contributed by atoms with van der Waals surface area (Å²) in [7, 11) is 0. The van der Waals surface area contributed by atoms with Gasteiger partial charge < -0.3 is 5.10 Å². The molecule has 2 heterocycles. The summed E-state index contributed by atoms with van der Waals surface area (Å²) in [5.41, 5.74) is 2.42. The van der Waals surface area contributed by atoms with Crippen molar-refractivity contribution in [1.82, 2.24) is 14.8 Å². The average Bonchev–Trinajstić information content (AvgIpc) is 2.90. The van der Waals surface area contributed by atoms with Crippen LogP contribution in [0.3, 0.4) is 0 Å². The zero-order valence-corrected chi connectivity index (χ0v) is 10.5. The highest BCUT2D eigenvalue weighted by molar-refractivity contribution is 5.95. The van der Waals surface area contributed by atoms with Crippen molar-refractivity contribution in [2.75, 3.05) is 0 Å². The molecular weight excluding hydrogens is 210 g/mol. The number of nitrogens with one attached hydrogen (secondary N) is 1. The molecule has 0 aliphatic rings. The SMILES string of the molecule is CCC(C)(C)n1[nH]cc2cc3nccc3cc21. The van der Waals surface area contributed by atoms with Crippen LogP contribution in [0.5, 0.6) is 0 Å². The van der Waals surface area contributed by atoms with Gasteiger partial charge in [-0.25, -0.2) is 0 Å². The van der Waals surface area contributed by atoms with Gasteiger partial charge in [-0.15, -0.1) is 0 Å². The maximum Gasteiger partial charge on any atom is 0.0710 e. The van der Waals surface area contributed by atoms with E-state index in [9.17, 15) is 0 Å². The van der Waals surface area contributed by atoms with E-state index < -0.39 is 0 Å². The molecule has 3 heteroatoms. The fraction of sp³-hybridized carbons (Fsp3) is 0.357. The molecule has 1 aromatic carbocycles. The van der Waals surface area contributed by atoms with Crippen molar-refractivity contribution in [2.24, 2.45) is 0 Å². The Kier molecular flexibility index (Phi) is 2.05. The highest BCUT2D eigenvalue weighted by Crippen LogP contribution is 2.27. The van der Waals surface area contributed by atoms with Gasteiger partial charge in [0.15, 0.2) is 0 Å². The van der Waals surface area contributed by atoms with Crippen LogP contribution in [-0.4, -0.2) is 14.8 Å². The fourth-order valence-electron chi connectivity index (χ4n) is 2.22. The van der Waals surface area contributed by atoms with Crippen molar-refractivity contribution in [3.63, 3.8) is 0 Å². The molecule has 3 rings (SSSR count). The van der Waals surface area contributed by atoms with Gasteiger partial charge in [0.2, 0.25) is 0 Å². The first-order valence-electron chi connectivity index (χ1n) is 6.07. The summed E-state index contributed by atoms with van der Waals surface area (Å²) in [4.78, 5) is 4.34. The second-order valence-electron chi connectivity index (χ2n) is 5.19. The topological polar surface area (TPSA) is 33.6 Å². The van der Waals surface area contributed by atoms with Crippen molar-refractivity contribution in [1.29, 1.82) is 0 Å². The van der Waals surface area contributed by atoms with Crippen LogP contribution in [0, 0.1) is 0 Å². The first kappa shape index (κ1) is 10.4. The minimum atomic E-state index is 0.107. The zero-order chi connectivity index (χ0) is 12.0. The monoisotopic (exact) mass is 227 g/mol. The summed E-state index contributed by atoms with van der Waals surface area (Å²) in [5.74, 6) is 0. The first-order valence-corrected chi connectivity index (χ1v) is 6.07. The normalized spacial score (nSPS) is 12.6. The number of hydrogen-bond donors (Lipinski definition) is 1. The average molecular weight is 227 g/mol. The Morgan fingerprint density at radius 3 is 2.88 bits per heavy atom. The number of aromatic nitrogens is 3. The molecule has 88 valence electrons. The largest absolute Gasteiger partial charge is 0.304 e. The maximum absolute atomic E-state index is 4.34. The summed E-state index contributed by atoms with van der Waals surface area (Å²) in [6.07, 6.45) is 5.01. The molecule has 0 spiro atoms. The summed E-state index contributed by atoms with van der Waals surface area (Å²) in [6, 6.07) is 6.42. The van der Waals surface area contributed by atoms with Gasteiger partial charge in [0, 0.05) is 23.2 Å². The zero-order valence-electron chi connectivity index (χ0n) is 10.5. The van der Waals surface area contributed by atoms with Crippen molar-refractivity contribution >= 4 is 21.8 Å². The van der Waals surface area contributed by atoms with E-state index >= 15 is 0 Å². The Bertz CT molecular complexity index is 673. The molecule has 0 saturated heterocycles. The molecule has 1 N–H and O–H groups in total. The van der Waals surface area contributed by atoms with E-state index in [4.69, 9.17) is 0 Å². The minimum Gasteiger partial charge on any atom is -0.304 e. The predicted octanol–water partition coefficient (Wildman–Crippen LogP) is 3.66. The first-order chi connectivity index (χ1) is 8.12. The third-order valence-corrected chi connectivity index (χ3v) is 3.70. The van der Waals surface area contributed by atoms with E-state index in [-0.39, 0.29) is 5.54 Å². The van der Waals surface area contributed by atoms with Crippen LogP contribution >= 0.6 is 0 Å². The van der Waals surface area contributed by atoms with Crippen LogP contribution < -0.4 is 0 Å². The molecular formula is C14H17N3. The quantitative estimate of drug-likeness (QED) is 0.712. The molecule has 0 radical (unpaired) electrons. The van der Waals surface area contributed by atoms with E-state index in [0.29, 0.717) is 0 Å². The smallest absolute Gasteiger partial charge is 0.0710 e. The van der Waals surface area contributed by atoms with E-state index in [1.54, 1.807) is 0 Å². The number of fused-ring (bicyclic) bond motifs is 2. The molecule has 0 unspecified atom stereocenters. The molecule has 0 fully saturated rings. The van der Waals surface area contributed by atoms with E-state index in [2.05, 4.69) is 59.9 Å². The molecule has 3 aromatic rings. The molecule has 0 aliphatic heterocycles. The van der Waals surface area contributed by atoms with Gasteiger partial charge in [0.05, 0.1) is 16.6 Å². The third kappa shape index (κ3) is 1.46. The fourth-order valence-corrected chi connectivity index (χ4v) is 2.22. The second kappa shape index (κ2) is 3.36. The third-order valence-electron chi connectivity index (χ3n) is 3.70. The Balaban J connectivity index is 2.33. The maximum atomic E-state index is 4.34. The Hall–Kier alpha value is -1.77. The lowest BCUT2D eigenvalue weighted by atomic mass is 10.0. The molecule has 3 nitrogen and oxygen atoms in total. The lowest BCUT2D eigenvalue weighted by Crippen LogP contribution is -2.26. The Morgan fingerprint density at radius 1 is 1.29 bits per heavy atom. The number of benzene rings is 1. The van der Waals surface area contributed by atoms with Crippen LogP contribution in [0.1, 0.15) is 27.2 Å². The lowest BCUT2D eigenvalue weighted by molar-refractivity contribution is 0.319. The summed E-state index contributed by atoms with van der Waals surface area (Å²) < 4.78 is 2.24. The molecule has 2 aromatic heterocycles. The highest BCUT2D eigenvalue weighted by Gasteiger charge is 2.19. The van der Waals surface area contributed by atoms with E-state index in [0.717, 1.165) is 11.9 Å². The standard InChI is InChI=1S/C14H17N3/c1-4-14(2,3)17-13-8-10-5-6-15-12(10)7-11(13)9-16-17/h5-9,16H,4H2,1-3H3. The number of rotatable bonds is 2. The van der Waals surface area contributed by atoms with E-state index in [1.807, 2.05) is 6.20 Å². The lowest BCUT2D eigenvalue weighted by Gasteiger charge is -2.25. The summed E-state index contributed by atoms with van der Waals surface area (Å²) >= 11 is 0.